The number of rotatable bonds is 1. The molecule has 2 unspecified atom stereocenters. The summed E-state index contributed by atoms with van der Waals surface area (Å²) >= 11 is 1.81. The van der Waals surface area contributed by atoms with Crippen LogP contribution in [-0.2, 0) is 0 Å². The van der Waals surface area contributed by atoms with E-state index in [4.69, 9.17) is 5.73 Å². The van der Waals surface area contributed by atoms with E-state index in [-0.39, 0.29) is 5.91 Å². The maximum Gasteiger partial charge on any atom is 0.255 e. The van der Waals surface area contributed by atoms with Crippen LogP contribution in [0.25, 0.3) is 0 Å². The Morgan fingerprint density at radius 1 is 1.33 bits per heavy atom. The van der Waals surface area contributed by atoms with Crippen molar-refractivity contribution in [3.05, 3.63) is 29.8 Å². The van der Waals surface area contributed by atoms with Crippen molar-refractivity contribution in [3.8, 4) is 0 Å². The zero-order valence-electron chi connectivity index (χ0n) is 10.3. The van der Waals surface area contributed by atoms with Crippen molar-refractivity contribution in [2.45, 2.75) is 23.8 Å². The number of benzene rings is 1. The molecule has 2 heterocycles. The molecule has 2 aliphatic heterocycles. The van der Waals surface area contributed by atoms with E-state index >= 15 is 0 Å². The fraction of sp³-hybridized carbons (Fsp3) is 0.500. The van der Waals surface area contributed by atoms with Crippen LogP contribution in [0.5, 0.6) is 0 Å². The van der Waals surface area contributed by atoms with Gasteiger partial charge in [-0.2, -0.15) is 0 Å². The molecule has 3 rings (SSSR count). The second-order valence-corrected chi connectivity index (χ2v) is 6.16. The first-order valence-electron chi connectivity index (χ1n) is 6.52. The predicted molar refractivity (Wildman–Crippen MR) is 73.8 cm³/mol. The van der Waals surface area contributed by atoms with Crippen molar-refractivity contribution >= 4 is 17.7 Å². The minimum absolute atomic E-state index is 0.193. The highest BCUT2D eigenvalue weighted by atomic mass is 32.2. The Kier molecular flexibility index (Phi) is 3.31. The lowest BCUT2D eigenvalue weighted by Crippen LogP contribution is -2.48. The number of carbonyl (C=O) groups excluding carboxylic acids is 1. The van der Waals surface area contributed by atoms with Gasteiger partial charge in [-0.25, -0.2) is 0 Å². The number of thioether (sulfide) groups is 1. The quantitative estimate of drug-likeness (QED) is 0.841. The molecule has 0 spiro atoms. The summed E-state index contributed by atoms with van der Waals surface area (Å²) in [6.07, 6.45) is 2.25. The van der Waals surface area contributed by atoms with Crippen LogP contribution in [0.4, 0.5) is 0 Å². The average Bonchev–Trinajstić information content (AvgIpc) is 2.57. The van der Waals surface area contributed by atoms with Gasteiger partial charge >= 0.3 is 0 Å². The fourth-order valence-corrected chi connectivity index (χ4v) is 4.03. The van der Waals surface area contributed by atoms with E-state index in [1.807, 2.05) is 30.0 Å². The molecule has 0 aliphatic carbocycles. The SMILES string of the molecule is NCC1CCC2CSc3ccccc3C(=O)N2C1. The Morgan fingerprint density at radius 2 is 2.17 bits per heavy atom. The highest BCUT2D eigenvalue weighted by molar-refractivity contribution is 7.99. The molecule has 2 atom stereocenters. The maximum absolute atomic E-state index is 12.6. The topological polar surface area (TPSA) is 46.3 Å². The normalized spacial score (nSPS) is 27.4. The van der Waals surface area contributed by atoms with Gasteiger partial charge in [-0.3, -0.25) is 4.79 Å². The lowest BCUT2D eigenvalue weighted by Gasteiger charge is -2.38. The minimum atomic E-state index is 0.193. The third-order valence-electron chi connectivity index (χ3n) is 3.95. The first-order valence-corrected chi connectivity index (χ1v) is 7.51. The zero-order chi connectivity index (χ0) is 12.5. The number of nitrogens with zero attached hydrogens (tertiary/aromatic N) is 1. The van der Waals surface area contributed by atoms with Crippen LogP contribution >= 0.6 is 11.8 Å². The van der Waals surface area contributed by atoms with Gasteiger partial charge in [-0.1, -0.05) is 12.1 Å². The molecule has 96 valence electrons. The fourth-order valence-electron chi connectivity index (χ4n) is 2.83. The van der Waals surface area contributed by atoms with E-state index in [0.29, 0.717) is 18.5 Å². The molecule has 4 heteroatoms. The van der Waals surface area contributed by atoms with E-state index in [9.17, 15) is 4.79 Å². The molecule has 1 fully saturated rings. The maximum atomic E-state index is 12.6. The molecule has 1 amide bonds. The van der Waals surface area contributed by atoms with E-state index < -0.39 is 0 Å². The average molecular weight is 262 g/mol. The van der Waals surface area contributed by atoms with Crippen LogP contribution in [0.2, 0.25) is 0 Å². The number of amides is 1. The summed E-state index contributed by atoms with van der Waals surface area (Å²) in [5.74, 6) is 1.68. The van der Waals surface area contributed by atoms with Gasteiger partial charge in [-0.05, 0) is 37.4 Å². The molecule has 1 aromatic rings. The number of hydrogen-bond donors (Lipinski definition) is 1. The highest BCUT2D eigenvalue weighted by Crippen LogP contribution is 2.34. The smallest absolute Gasteiger partial charge is 0.255 e. The molecule has 2 aliphatic rings. The second kappa shape index (κ2) is 4.94. The molecule has 0 aromatic heterocycles. The van der Waals surface area contributed by atoms with E-state index in [1.54, 1.807) is 0 Å². The summed E-state index contributed by atoms with van der Waals surface area (Å²) in [4.78, 5) is 15.8. The molecule has 18 heavy (non-hydrogen) atoms. The summed E-state index contributed by atoms with van der Waals surface area (Å²) in [6, 6.07) is 8.34. The number of fused-ring (bicyclic) bond motifs is 2. The number of carbonyl (C=O) groups is 1. The summed E-state index contributed by atoms with van der Waals surface area (Å²) < 4.78 is 0. The zero-order valence-corrected chi connectivity index (χ0v) is 11.2. The molecular weight excluding hydrogens is 244 g/mol. The van der Waals surface area contributed by atoms with Crippen LogP contribution in [0, 0.1) is 5.92 Å². The standard InChI is InChI=1S/C14H18N2OS/c15-7-10-5-6-11-9-18-13-4-2-1-3-12(13)14(17)16(11)8-10/h1-4,10-11H,5-9,15H2. The Bertz CT molecular complexity index is 463. The molecule has 1 aromatic carbocycles. The lowest BCUT2D eigenvalue weighted by atomic mass is 9.93. The van der Waals surface area contributed by atoms with Gasteiger partial charge in [0, 0.05) is 23.2 Å². The largest absolute Gasteiger partial charge is 0.334 e. The third-order valence-corrected chi connectivity index (χ3v) is 5.17. The second-order valence-electron chi connectivity index (χ2n) is 5.10. The summed E-state index contributed by atoms with van der Waals surface area (Å²) in [5.41, 5.74) is 6.62. The lowest BCUT2D eigenvalue weighted by molar-refractivity contribution is 0.0574. The summed E-state index contributed by atoms with van der Waals surface area (Å²) in [7, 11) is 0. The van der Waals surface area contributed by atoms with Gasteiger partial charge in [0.1, 0.15) is 0 Å². The van der Waals surface area contributed by atoms with Crippen LogP contribution in [0.1, 0.15) is 23.2 Å². The minimum Gasteiger partial charge on any atom is -0.334 e. The van der Waals surface area contributed by atoms with E-state index in [2.05, 4.69) is 11.0 Å². The number of hydrogen-bond acceptors (Lipinski definition) is 3. The summed E-state index contributed by atoms with van der Waals surface area (Å²) in [5, 5.41) is 0. The van der Waals surface area contributed by atoms with Crippen LogP contribution in [-0.4, -0.2) is 35.7 Å². The van der Waals surface area contributed by atoms with Crippen molar-refractivity contribution in [1.29, 1.82) is 0 Å². The van der Waals surface area contributed by atoms with Crippen LogP contribution in [0.3, 0.4) is 0 Å². The highest BCUT2D eigenvalue weighted by Gasteiger charge is 2.34. The number of nitrogens with two attached hydrogens (primary N) is 1. The van der Waals surface area contributed by atoms with Gasteiger partial charge in [-0.15, -0.1) is 11.8 Å². The van der Waals surface area contributed by atoms with Gasteiger partial charge in [0.25, 0.3) is 5.91 Å². The van der Waals surface area contributed by atoms with Crippen LogP contribution in [0.15, 0.2) is 29.2 Å². The van der Waals surface area contributed by atoms with Crippen molar-refractivity contribution in [1.82, 2.24) is 4.90 Å². The number of piperidine rings is 1. The Hall–Kier alpha value is -1.00. The van der Waals surface area contributed by atoms with Gasteiger partial charge in [0.2, 0.25) is 0 Å². The van der Waals surface area contributed by atoms with E-state index in [0.717, 1.165) is 35.6 Å². The summed E-state index contributed by atoms with van der Waals surface area (Å²) in [6.45, 7) is 1.51. The monoisotopic (exact) mass is 262 g/mol. The molecule has 0 saturated carbocycles. The first kappa shape index (κ1) is 12.1. The Morgan fingerprint density at radius 3 is 3.00 bits per heavy atom. The first-order chi connectivity index (χ1) is 8.79. The Balaban J connectivity index is 1.92. The van der Waals surface area contributed by atoms with Gasteiger partial charge in [0.15, 0.2) is 0 Å². The van der Waals surface area contributed by atoms with Gasteiger partial charge < -0.3 is 10.6 Å². The molecule has 0 bridgehead atoms. The third kappa shape index (κ3) is 2.04. The molecule has 3 nitrogen and oxygen atoms in total. The molecule has 2 N–H and O–H groups in total. The Labute approximate surface area is 112 Å². The van der Waals surface area contributed by atoms with Gasteiger partial charge in [0.05, 0.1) is 5.56 Å². The molecule has 0 radical (unpaired) electrons. The van der Waals surface area contributed by atoms with Crippen LogP contribution < -0.4 is 5.73 Å². The van der Waals surface area contributed by atoms with Crippen molar-refractivity contribution in [3.63, 3.8) is 0 Å². The van der Waals surface area contributed by atoms with E-state index in [1.165, 1.54) is 0 Å². The predicted octanol–water partition coefficient (Wildman–Crippen LogP) is 1.97. The van der Waals surface area contributed by atoms with Crippen molar-refractivity contribution in [2.24, 2.45) is 11.7 Å². The molecular formula is C14H18N2OS. The van der Waals surface area contributed by atoms with Crippen molar-refractivity contribution < 1.29 is 4.79 Å². The van der Waals surface area contributed by atoms with Crippen molar-refractivity contribution in [2.75, 3.05) is 18.8 Å². The molecule has 1 saturated heterocycles.